The Labute approximate surface area is 568 Å². The van der Waals surface area contributed by atoms with Gasteiger partial charge in [0.15, 0.2) is 0 Å². The van der Waals surface area contributed by atoms with E-state index in [4.69, 9.17) is 0 Å². The fourth-order valence-corrected chi connectivity index (χ4v) is 15.7. The maximum absolute atomic E-state index is 2.56. The lowest BCUT2D eigenvalue weighted by Crippen LogP contribution is -2.26. The molecule has 16 aromatic carbocycles. The first-order valence-corrected chi connectivity index (χ1v) is 33.7. The van der Waals surface area contributed by atoms with Gasteiger partial charge >= 0.3 is 0 Å². The van der Waals surface area contributed by atoms with E-state index in [9.17, 15) is 0 Å². The molecule has 0 amide bonds. The van der Waals surface area contributed by atoms with Gasteiger partial charge in [0.2, 0.25) is 0 Å². The van der Waals surface area contributed by atoms with Crippen LogP contribution in [-0.4, -0.2) is 0 Å². The number of benzene rings is 16. The summed E-state index contributed by atoms with van der Waals surface area (Å²) in [5.41, 5.74) is 37.8. The fraction of sp³-hybridized carbons (Fsp3) is 0.0103. The molecule has 97 heavy (non-hydrogen) atoms. The van der Waals surface area contributed by atoms with Crippen molar-refractivity contribution in [1.29, 1.82) is 0 Å². The Hall–Kier alpha value is -12.5. The zero-order valence-corrected chi connectivity index (χ0v) is 53.5. The van der Waals surface area contributed by atoms with Gasteiger partial charge in [0.05, 0.1) is 5.41 Å². The lowest BCUT2D eigenvalue weighted by Gasteiger charge is -2.32. The van der Waals surface area contributed by atoms with E-state index in [0.29, 0.717) is 0 Å². The summed E-state index contributed by atoms with van der Waals surface area (Å²) in [5, 5.41) is 0. The molecule has 0 fully saturated rings. The van der Waals surface area contributed by atoms with Gasteiger partial charge in [0, 0.05) is 0 Å². The Bertz CT molecular complexity index is 4910. The second-order valence-corrected chi connectivity index (χ2v) is 25.8. The van der Waals surface area contributed by atoms with Gasteiger partial charge in [0.1, 0.15) is 0 Å². The quantitative estimate of drug-likeness (QED) is 0.114. The third-order valence-electron chi connectivity index (χ3n) is 20.4. The summed E-state index contributed by atoms with van der Waals surface area (Å²) in [5.74, 6) is 0. The molecular weight excluding hydrogens is 1170 g/mol. The highest BCUT2D eigenvalue weighted by Gasteiger charge is 2.52. The predicted octanol–water partition coefficient (Wildman–Crippen LogP) is 26.0. The molecule has 0 saturated heterocycles. The minimum absolute atomic E-state index is 0.787. The number of hydrogen-bond acceptors (Lipinski definition) is 0. The smallest absolute Gasteiger partial charge is 0.0622 e. The summed E-state index contributed by atoms with van der Waals surface area (Å²) in [4.78, 5) is 0. The van der Waals surface area contributed by atoms with Crippen molar-refractivity contribution in [3.05, 3.63) is 411 Å². The van der Waals surface area contributed by atoms with E-state index in [1.54, 1.807) is 0 Å². The van der Waals surface area contributed by atoms with Gasteiger partial charge < -0.3 is 0 Å². The number of hydrogen-bond donors (Lipinski definition) is 0. The van der Waals surface area contributed by atoms with Gasteiger partial charge in [-0.1, -0.05) is 340 Å². The van der Waals surface area contributed by atoms with Crippen molar-refractivity contribution in [2.45, 2.75) is 5.41 Å². The minimum Gasteiger partial charge on any atom is -0.0622 e. The van der Waals surface area contributed by atoms with Gasteiger partial charge in [-0.2, -0.15) is 0 Å². The number of rotatable bonds is 12. The van der Waals surface area contributed by atoms with Gasteiger partial charge in [-0.25, -0.2) is 0 Å². The summed E-state index contributed by atoms with van der Waals surface area (Å²) >= 11 is 0. The van der Waals surface area contributed by atoms with E-state index in [-0.39, 0.29) is 0 Å². The molecule has 0 radical (unpaired) electrons. The largest absolute Gasteiger partial charge is 0.0726 e. The van der Waals surface area contributed by atoms with Crippen molar-refractivity contribution in [2.75, 3.05) is 0 Å². The summed E-state index contributed by atoms with van der Waals surface area (Å²) in [6.45, 7) is 0. The molecule has 452 valence electrons. The van der Waals surface area contributed by atoms with Crippen LogP contribution in [0.4, 0.5) is 0 Å². The molecule has 0 N–H and O–H groups in total. The standard InChI is InChI=1S/C97H64/c1-9-25-65(26-10-1)81-49-41-73(57-89(81)69-33-17-5-18-34-69)77-45-53-85-86-54-46-78(74-42-50-82(66-27-11-2-12-28-66)90(58-74)70-35-19-6-20-36-70)62-94(86)97(93(85)61-77)95-63-79(75-43-51-83(67-29-13-3-14-30-67)91(59-75)71-37-21-7-22-38-71)47-55-87(95)88-56-48-80(64-96(88)97)76-44-52-84(68-31-15-4-16-32-68)92(60-76)72-39-23-8-24-40-72/h1-64H. The molecule has 0 aromatic heterocycles. The third-order valence-corrected chi connectivity index (χ3v) is 20.4. The van der Waals surface area contributed by atoms with Crippen LogP contribution in [0.15, 0.2) is 388 Å². The Balaban J connectivity index is 0.906. The molecule has 2 aliphatic rings. The second-order valence-electron chi connectivity index (χ2n) is 25.8. The molecule has 0 aliphatic heterocycles. The van der Waals surface area contributed by atoms with Gasteiger partial charge in [-0.05, 0) is 227 Å². The van der Waals surface area contributed by atoms with E-state index in [1.165, 1.54) is 178 Å². The molecule has 18 rings (SSSR count). The molecular formula is C97H64. The van der Waals surface area contributed by atoms with Gasteiger partial charge in [-0.15, -0.1) is 0 Å². The van der Waals surface area contributed by atoms with Crippen LogP contribution in [0.5, 0.6) is 0 Å². The van der Waals surface area contributed by atoms with Crippen molar-refractivity contribution < 1.29 is 0 Å². The van der Waals surface area contributed by atoms with E-state index >= 15 is 0 Å². The molecule has 16 aromatic rings. The highest BCUT2D eigenvalue weighted by molar-refractivity contribution is 6.01. The topological polar surface area (TPSA) is 0 Å². The van der Waals surface area contributed by atoms with Crippen LogP contribution in [0.3, 0.4) is 0 Å². The van der Waals surface area contributed by atoms with Crippen LogP contribution in [0.1, 0.15) is 22.3 Å². The van der Waals surface area contributed by atoms with Crippen LogP contribution in [-0.2, 0) is 5.41 Å². The van der Waals surface area contributed by atoms with Crippen molar-refractivity contribution >= 4 is 0 Å². The van der Waals surface area contributed by atoms with Crippen molar-refractivity contribution in [1.82, 2.24) is 0 Å². The van der Waals surface area contributed by atoms with Crippen LogP contribution < -0.4 is 0 Å². The highest BCUT2D eigenvalue weighted by atomic mass is 14.5. The Morgan fingerprint density at radius 1 is 0.103 bits per heavy atom. The molecule has 2 aliphatic carbocycles. The molecule has 0 saturated carbocycles. The van der Waals surface area contributed by atoms with Gasteiger partial charge in [-0.3, -0.25) is 0 Å². The van der Waals surface area contributed by atoms with E-state index < -0.39 is 5.41 Å². The molecule has 0 unspecified atom stereocenters. The zero-order valence-electron chi connectivity index (χ0n) is 53.5. The number of fused-ring (bicyclic) bond motifs is 10. The maximum atomic E-state index is 2.56. The highest BCUT2D eigenvalue weighted by Crippen LogP contribution is 2.65. The average Bonchev–Trinajstić information content (AvgIpc) is 1.51. The summed E-state index contributed by atoms with van der Waals surface area (Å²) < 4.78 is 0. The van der Waals surface area contributed by atoms with Crippen LogP contribution in [0.2, 0.25) is 0 Å². The first-order valence-electron chi connectivity index (χ1n) is 33.7. The van der Waals surface area contributed by atoms with Crippen molar-refractivity contribution in [3.8, 4) is 156 Å². The minimum atomic E-state index is -0.787. The molecule has 0 bridgehead atoms. The SMILES string of the molecule is c1ccc(-c2ccc(-c3ccc4c(c3)C3(c5cc(-c6ccc(-c7ccccc7)c(-c7ccccc7)c6)ccc5-4)c4cc(-c5ccc(-c6ccccc6)c(-c6ccccc6)c5)ccc4-c4ccc(-c5ccc(-c6ccccc6)c(-c6ccccc6)c5)cc43)cc2-c2ccccc2)cc1. The first kappa shape index (κ1) is 57.2. The van der Waals surface area contributed by atoms with Crippen LogP contribution in [0, 0.1) is 0 Å². The third kappa shape index (κ3) is 10.0. The zero-order chi connectivity index (χ0) is 64.2. The first-order chi connectivity index (χ1) is 48.1. The molecule has 0 heteroatoms. The summed E-state index contributed by atoms with van der Waals surface area (Å²) in [6, 6.07) is 145. The van der Waals surface area contributed by atoms with E-state index in [1.807, 2.05) is 0 Å². The Morgan fingerprint density at radius 2 is 0.247 bits per heavy atom. The average molecular weight is 1230 g/mol. The molecule has 0 nitrogen and oxygen atoms in total. The van der Waals surface area contributed by atoms with E-state index in [0.717, 1.165) is 0 Å². The van der Waals surface area contributed by atoms with Crippen molar-refractivity contribution in [2.24, 2.45) is 0 Å². The Morgan fingerprint density at radius 3 is 0.423 bits per heavy atom. The van der Waals surface area contributed by atoms with Crippen molar-refractivity contribution in [3.63, 3.8) is 0 Å². The fourth-order valence-electron chi connectivity index (χ4n) is 15.7. The normalized spacial score (nSPS) is 12.2. The Kier molecular flexibility index (Phi) is 14.2. The lowest BCUT2D eigenvalue weighted by atomic mass is 9.69. The monoisotopic (exact) mass is 1230 g/mol. The maximum Gasteiger partial charge on any atom is 0.0726 e. The predicted molar refractivity (Wildman–Crippen MR) is 408 cm³/mol. The summed E-state index contributed by atoms with van der Waals surface area (Å²) in [6.07, 6.45) is 0. The lowest BCUT2D eigenvalue weighted by molar-refractivity contribution is 0.795. The van der Waals surface area contributed by atoms with Crippen LogP contribution in [0.25, 0.3) is 156 Å². The van der Waals surface area contributed by atoms with Gasteiger partial charge in [0.25, 0.3) is 0 Å². The molecule has 1 spiro atoms. The second kappa shape index (κ2) is 24.1. The summed E-state index contributed by atoms with van der Waals surface area (Å²) in [7, 11) is 0. The molecule has 0 atom stereocenters. The van der Waals surface area contributed by atoms with E-state index in [2.05, 4.69) is 388 Å². The molecule has 0 heterocycles. The van der Waals surface area contributed by atoms with Crippen LogP contribution >= 0.6 is 0 Å².